The highest BCUT2D eigenvalue weighted by Crippen LogP contribution is 2.26. The number of piperidine rings is 1. The zero-order valence-electron chi connectivity index (χ0n) is 18.2. The number of carbonyl (C=O) groups excluding carboxylic acids is 1. The molecule has 9 heteroatoms. The molecule has 1 amide bonds. The molecule has 2 saturated heterocycles. The maximum Gasteiger partial charge on any atom is 0.264 e. The monoisotopic (exact) mass is 431 g/mol. The van der Waals surface area contributed by atoms with E-state index in [1.54, 1.807) is 6.92 Å². The van der Waals surface area contributed by atoms with Crippen LogP contribution in [0.4, 0.5) is 0 Å². The number of aryl methyl sites for hydroxylation is 1. The maximum atomic E-state index is 13.0. The number of aliphatic hydroxyl groups excluding tert-OH is 3. The molecule has 3 unspecified atom stereocenters. The Kier molecular flexibility index (Phi) is 7.32. The number of benzene rings is 1. The summed E-state index contributed by atoms with van der Waals surface area (Å²) in [5, 5.41) is 40.2. The van der Waals surface area contributed by atoms with Crippen LogP contribution >= 0.6 is 0 Å². The summed E-state index contributed by atoms with van der Waals surface area (Å²) in [6.45, 7) is 4.78. The van der Waals surface area contributed by atoms with Gasteiger partial charge in [-0.2, -0.15) is 0 Å². The predicted molar refractivity (Wildman–Crippen MR) is 117 cm³/mol. The van der Waals surface area contributed by atoms with Crippen LogP contribution in [0.5, 0.6) is 0 Å². The highest BCUT2D eigenvalue weighted by molar-refractivity contribution is 6.21. The lowest BCUT2D eigenvalue weighted by atomic mass is 10.00. The Morgan fingerprint density at radius 1 is 1.32 bits per heavy atom. The van der Waals surface area contributed by atoms with Crippen LogP contribution < -0.4 is 5.73 Å². The molecule has 0 spiro atoms. The second kappa shape index (κ2) is 9.78. The quantitative estimate of drug-likeness (QED) is 0.256. The molecule has 3 rings (SSSR count). The summed E-state index contributed by atoms with van der Waals surface area (Å²) in [4.78, 5) is 17.5. The minimum Gasteiger partial charge on any atom is -0.510 e. The van der Waals surface area contributed by atoms with Gasteiger partial charge in [0.1, 0.15) is 23.4 Å². The molecule has 170 valence electrons. The highest BCUT2D eigenvalue weighted by atomic mass is 16.3. The van der Waals surface area contributed by atoms with Gasteiger partial charge in [0.25, 0.3) is 5.91 Å². The van der Waals surface area contributed by atoms with Gasteiger partial charge in [-0.15, -0.1) is 0 Å². The Morgan fingerprint density at radius 2 is 2.06 bits per heavy atom. The van der Waals surface area contributed by atoms with Crippen LogP contribution in [-0.4, -0.2) is 80.0 Å². The zero-order valence-corrected chi connectivity index (χ0v) is 18.2. The van der Waals surface area contributed by atoms with Crippen molar-refractivity contribution in [1.82, 2.24) is 14.7 Å². The van der Waals surface area contributed by atoms with Crippen molar-refractivity contribution in [3.05, 3.63) is 46.7 Å². The number of hydrogen-bond acceptors (Lipinski definition) is 7. The van der Waals surface area contributed by atoms with Gasteiger partial charge in [-0.25, -0.2) is 0 Å². The fourth-order valence-electron chi connectivity index (χ4n) is 4.38. The van der Waals surface area contributed by atoms with Gasteiger partial charge in [0, 0.05) is 19.1 Å². The van der Waals surface area contributed by atoms with Gasteiger partial charge in [0.05, 0.1) is 6.54 Å². The van der Waals surface area contributed by atoms with Gasteiger partial charge in [0.2, 0.25) is 6.35 Å². The number of likely N-dealkylation sites (tertiary alicyclic amines) is 1. The van der Waals surface area contributed by atoms with Gasteiger partial charge in [-0.1, -0.05) is 36.2 Å². The van der Waals surface area contributed by atoms with Crippen LogP contribution in [0, 0.1) is 12.3 Å². The van der Waals surface area contributed by atoms with E-state index in [2.05, 4.69) is 0 Å². The van der Waals surface area contributed by atoms with Gasteiger partial charge >= 0.3 is 0 Å². The molecule has 1 aromatic carbocycles. The first-order chi connectivity index (χ1) is 14.7. The molecular weight excluding hydrogens is 398 g/mol. The Hall–Kier alpha value is -2.46. The van der Waals surface area contributed by atoms with Crippen LogP contribution in [0.2, 0.25) is 0 Å². The Bertz CT molecular complexity index is 856. The lowest BCUT2D eigenvalue weighted by molar-refractivity contribution is -0.151. The van der Waals surface area contributed by atoms with Crippen LogP contribution in [0.25, 0.3) is 0 Å². The first-order valence-electron chi connectivity index (χ1n) is 10.7. The second-order valence-electron chi connectivity index (χ2n) is 8.25. The average molecular weight is 432 g/mol. The van der Waals surface area contributed by atoms with E-state index in [1.165, 1.54) is 9.80 Å². The number of likely N-dealkylation sites (N-methyl/N-ethyl adjacent to an activating group) is 1. The molecule has 31 heavy (non-hydrogen) atoms. The van der Waals surface area contributed by atoms with Crippen molar-refractivity contribution < 1.29 is 20.1 Å². The molecular formula is C22H33N5O4. The van der Waals surface area contributed by atoms with Gasteiger partial charge in [0.15, 0.2) is 0 Å². The van der Waals surface area contributed by atoms with Gasteiger partial charge < -0.3 is 26.0 Å². The van der Waals surface area contributed by atoms with Crippen molar-refractivity contribution in [1.29, 1.82) is 5.41 Å². The van der Waals surface area contributed by atoms with E-state index in [1.807, 2.05) is 36.1 Å². The minimum atomic E-state index is -1.30. The lowest BCUT2D eigenvalue weighted by Gasteiger charge is -2.43. The highest BCUT2D eigenvalue weighted by Gasteiger charge is 2.41. The van der Waals surface area contributed by atoms with Crippen molar-refractivity contribution in [2.24, 2.45) is 5.73 Å². The molecule has 1 aromatic rings. The molecule has 0 bridgehead atoms. The smallest absolute Gasteiger partial charge is 0.264 e. The molecule has 0 aromatic heterocycles. The summed E-state index contributed by atoms with van der Waals surface area (Å²) in [6.07, 6.45) is 0.185. The third-order valence-electron chi connectivity index (χ3n) is 6.03. The number of carbonyl (C=O) groups is 1. The van der Waals surface area contributed by atoms with Crippen molar-refractivity contribution >= 4 is 11.7 Å². The normalized spacial score (nSPS) is 25.7. The predicted octanol–water partition coefficient (Wildman–Crippen LogP) is 0.856. The first kappa shape index (κ1) is 23.2. The fraction of sp³-hybridized carbons (Fsp3) is 0.545. The number of rotatable bonds is 6. The molecule has 6 N–H and O–H groups in total. The molecule has 2 aliphatic heterocycles. The van der Waals surface area contributed by atoms with E-state index in [4.69, 9.17) is 11.1 Å². The number of nitrogens with one attached hydrogen (secondary N) is 1. The van der Waals surface area contributed by atoms with Gasteiger partial charge in [-0.3, -0.25) is 20.0 Å². The number of nitrogens with zero attached hydrogens (tertiary/aromatic N) is 3. The molecule has 3 atom stereocenters. The minimum absolute atomic E-state index is 0.00825. The summed E-state index contributed by atoms with van der Waals surface area (Å²) in [5.74, 6) is -1.05. The summed E-state index contributed by atoms with van der Waals surface area (Å²) >= 11 is 0. The Labute approximate surface area is 182 Å². The Balaban J connectivity index is 1.91. The van der Waals surface area contributed by atoms with Crippen LogP contribution in [0.1, 0.15) is 37.3 Å². The van der Waals surface area contributed by atoms with E-state index in [0.717, 1.165) is 24.0 Å². The molecule has 0 aliphatic carbocycles. The van der Waals surface area contributed by atoms with E-state index in [0.29, 0.717) is 13.0 Å². The van der Waals surface area contributed by atoms with Crippen LogP contribution in [0.15, 0.2) is 35.6 Å². The summed E-state index contributed by atoms with van der Waals surface area (Å²) in [5.41, 5.74) is 7.51. The molecule has 2 fully saturated rings. The SMILES string of the molecule is CCN1C(=O)C(=C(O)CN2CCCCC2C(N)O)C(=N)N(Cc2cccc(C)c2)C1O. The molecule has 2 aliphatic rings. The summed E-state index contributed by atoms with van der Waals surface area (Å²) in [6, 6.07) is 7.39. The van der Waals surface area contributed by atoms with Crippen molar-refractivity contribution in [2.45, 2.75) is 58.3 Å². The average Bonchev–Trinajstić information content (AvgIpc) is 2.72. The fourth-order valence-corrected chi connectivity index (χ4v) is 4.38. The molecule has 9 nitrogen and oxygen atoms in total. The maximum absolute atomic E-state index is 13.0. The number of aliphatic hydroxyl groups is 3. The largest absolute Gasteiger partial charge is 0.510 e. The molecule has 0 saturated carbocycles. The summed E-state index contributed by atoms with van der Waals surface area (Å²) < 4.78 is 0. The lowest BCUT2D eigenvalue weighted by Crippen LogP contribution is -2.60. The van der Waals surface area contributed by atoms with Gasteiger partial charge in [-0.05, 0) is 38.8 Å². The Morgan fingerprint density at radius 3 is 2.71 bits per heavy atom. The van der Waals surface area contributed by atoms with Crippen molar-refractivity contribution in [3.63, 3.8) is 0 Å². The van der Waals surface area contributed by atoms with Crippen LogP contribution in [0.3, 0.4) is 0 Å². The number of amides is 1. The molecule has 0 radical (unpaired) electrons. The third kappa shape index (κ3) is 4.90. The summed E-state index contributed by atoms with van der Waals surface area (Å²) in [7, 11) is 0. The van der Waals surface area contributed by atoms with E-state index in [-0.39, 0.29) is 42.8 Å². The van der Waals surface area contributed by atoms with E-state index >= 15 is 0 Å². The third-order valence-corrected chi connectivity index (χ3v) is 6.03. The van der Waals surface area contributed by atoms with E-state index in [9.17, 15) is 20.1 Å². The standard InChI is InChI=1S/C22H33N5O4/c1-3-26-21(30)18(17(28)13-25-10-5-4-9-16(25)20(24)29)19(23)27(22(26)31)12-15-8-6-7-14(2)11-15/h6-8,11,16,20,22-23,28-29,31H,3-5,9-10,12-13,24H2,1-2H3. The van der Waals surface area contributed by atoms with Crippen LogP contribution in [-0.2, 0) is 11.3 Å². The number of amidine groups is 1. The zero-order chi connectivity index (χ0) is 22.7. The number of nitrogens with two attached hydrogens (primary N) is 1. The first-order valence-corrected chi connectivity index (χ1v) is 10.7. The van der Waals surface area contributed by atoms with Crippen molar-refractivity contribution in [2.75, 3.05) is 19.6 Å². The van der Waals surface area contributed by atoms with Crippen molar-refractivity contribution in [3.8, 4) is 0 Å². The molecule has 2 heterocycles. The topological polar surface area (TPSA) is 137 Å². The number of hydrogen-bond donors (Lipinski definition) is 5. The second-order valence-corrected chi connectivity index (χ2v) is 8.25. The van der Waals surface area contributed by atoms with E-state index < -0.39 is 18.5 Å².